The predicted molar refractivity (Wildman–Crippen MR) is 167 cm³/mol. The largest absolute Gasteiger partial charge is 0.0678 e. The fraction of sp³-hybridized carbons (Fsp3) is 0.971. The summed E-state index contributed by atoms with van der Waals surface area (Å²) in [4.78, 5) is 0. The second kappa shape index (κ2) is 28.8. The highest BCUT2D eigenvalue weighted by atomic mass is 28.3. The molecule has 0 rings (SSSR count). The lowest BCUT2D eigenvalue weighted by molar-refractivity contribution is 0.516. The highest BCUT2D eigenvalue weighted by molar-refractivity contribution is 6.79. The van der Waals surface area contributed by atoms with Crippen LogP contribution in [0, 0.1) is 6.92 Å². The van der Waals surface area contributed by atoms with Crippen LogP contribution in [-0.4, -0.2) is 8.07 Å². The van der Waals surface area contributed by atoms with Crippen molar-refractivity contribution in [2.75, 3.05) is 0 Å². The molecule has 0 aliphatic rings. The van der Waals surface area contributed by atoms with Gasteiger partial charge < -0.3 is 0 Å². The van der Waals surface area contributed by atoms with E-state index < -0.39 is 8.07 Å². The molecular weight excluding hydrogens is 436 g/mol. The molecule has 0 aliphatic heterocycles. The van der Waals surface area contributed by atoms with Crippen LogP contribution in [0.15, 0.2) is 0 Å². The standard InChI is InChI=1S/C34H71Si/c1-5-9-10-11-12-13-14-15-16-17-18-19-20-21-22-23-24-25-26-27-28-29-30-31-32-33-34-35(6-2,7-3)8-4/h1,5-34H2,2-4H3. The first kappa shape index (κ1) is 35.2. The Bertz CT molecular complexity index is 365. The molecule has 35 heavy (non-hydrogen) atoms. The summed E-state index contributed by atoms with van der Waals surface area (Å²) in [5.41, 5.74) is 0. The fourth-order valence-corrected chi connectivity index (χ4v) is 9.58. The van der Waals surface area contributed by atoms with Crippen LogP contribution in [0.4, 0.5) is 0 Å². The van der Waals surface area contributed by atoms with Crippen molar-refractivity contribution in [2.24, 2.45) is 0 Å². The van der Waals surface area contributed by atoms with Crippen molar-refractivity contribution in [3.8, 4) is 0 Å². The Morgan fingerprint density at radius 1 is 0.314 bits per heavy atom. The molecule has 0 atom stereocenters. The van der Waals surface area contributed by atoms with Gasteiger partial charge in [-0.15, -0.1) is 0 Å². The zero-order valence-corrected chi connectivity index (χ0v) is 26.4. The molecule has 0 heterocycles. The van der Waals surface area contributed by atoms with Crippen molar-refractivity contribution in [3.05, 3.63) is 6.92 Å². The minimum atomic E-state index is -0.839. The first-order valence-corrected chi connectivity index (χ1v) is 19.9. The Morgan fingerprint density at radius 2 is 0.514 bits per heavy atom. The van der Waals surface area contributed by atoms with Gasteiger partial charge in [0.1, 0.15) is 0 Å². The highest BCUT2D eigenvalue weighted by Crippen LogP contribution is 2.27. The van der Waals surface area contributed by atoms with E-state index in [2.05, 4.69) is 27.7 Å². The molecule has 0 aliphatic carbocycles. The van der Waals surface area contributed by atoms with Crippen molar-refractivity contribution >= 4 is 8.07 Å². The number of rotatable bonds is 30. The van der Waals surface area contributed by atoms with Gasteiger partial charge in [0.2, 0.25) is 0 Å². The summed E-state index contributed by atoms with van der Waals surface area (Å²) in [5, 5.41) is 0. The summed E-state index contributed by atoms with van der Waals surface area (Å²) in [6, 6.07) is 6.14. The molecule has 1 radical (unpaired) electrons. The van der Waals surface area contributed by atoms with E-state index in [1.54, 1.807) is 6.04 Å². The molecular formula is C34H71Si. The fourth-order valence-electron chi connectivity index (χ4n) is 6.02. The third-order valence-corrected chi connectivity index (χ3v) is 15.1. The van der Waals surface area contributed by atoms with E-state index in [4.69, 9.17) is 0 Å². The van der Waals surface area contributed by atoms with E-state index in [0.29, 0.717) is 0 Å². The molecule has 0 saturated heterocycles. The van der Waals surface area contributed by atoms with Crippen molar-refractivity contribution in [1.29, 1.82) is 0 Å². The molecule has 0 nitrogen and oxygen atoms in total. The lowest BCUT2D eigenvalue weighted by Crippen LogP contribution is -2.30. The van der Waals surface area contributed by atoms with Crippen molar-refractivity contribution in [2.45, 2.75) is 212 Å². The third kappa shape index (κ3) is 24.3. The monoisotopic (exact) mass is 508 g/mol. The Labute approximate surface area is 226 Å². The number of hydrogen-bond donors (Lipinski definition) is 0. The molecule has 0 spiro atoms. The van der Waals surface area contributed by atoms with Gasteiger partial charge >= 0.3 is 0 Å². The minimum absolute atomic E-state index is 0.839. The first-order chi connectivity index (χ1) is 17.2. The van der Waals surface area contributed by atoms with Crippen LogP contribution in [0.3, 0.4) is 0 Å². The normalized spacial score (nSPS) is 12.0. The van der Waals surface area contributed by atoms with E-state index in [0.717, 1.165) is 6.42 Å². The van der Waals surface area contributed by atoms with Crippen molar-refractivity contribution in [1.82, 2.24) is 0 Å². The second-order valence-corrected chi connectivity index (χ2v) is 17.6. The van der Waals surface area contributed by atoms with Crippen LogP contribution in [-0.2, 0) is 0 Å². The van der Waals surface area contributed by atoms with Crippen LogP contribution in [0.2, 0.25) is 24.2 Å². The van der Waals surface area contributed by atoms with Crippen LogP contribution in [0.25, 0.3) is 0 Å². The molecule has 1 heteroatoms. The van der Waals surface area contributed by atoms with Crippen molar-refractivity contribution < 1.29 is 0 Å². The topological polar surface area (TPSA) is 0 Å². The Balaban J connectivity index is 3.14. The maximum Gasteiger partial charge on any atom is 0.0527 e. The Kier molecular flexibility index (Phi) is 29.0. The summed E-state index contributed by atoms with van der Waals surface area (Å²) in [6.45, 7) is 11.3. The minimum Gasteiger partial charge on any atom is -0.0678 e. The molecule has 0 unspecified atom stereocenters. The van der Waals surface area contributed by atoms with Gasteiger partial charge in [0.15, 0.2) is 0 Å². The molecule has 0 aromatic heterocycles. The van der Waals surface area contributed by atoms with Crippen molar-refractivity contribution in [3.63, 3.8) is 0 Å². The van der Waals surface area contributed by atoms with E-state index in [1.807, 2.05) is 0 Å². The van der Waals surface area contributed by atoms with Crippen LogP contribution >= 0.6 is 0 Å². The zero-order chi connectivity index (χ0) is 25.7. The summed E-state index contributed by atoms with van der Waals surface area (Å²) >= 11 is 0. The molecule has 0 N–H and O–H groups in total. The quantitative estimate of drug-likeness (QED) is 0.0669. The second-order valence-electron chi connectivity index (χ2n) is 12.0. The molecule has 211 valence electrons. The Morgan fingerprint density at radius 3 is 0.714 bits per heavy atom. The average molecular weight is 508 g/mol. The van der Waals surface area contributed by atoms with Crippen LogP contribution in [0.1, 0.15) is 188 Å². The highest BCUT2D eigenvalue weighted by Gasteiger charge is 2.25. The SMILES string of the molecule is [CH2]CCCCCCCCCCCCCCCCCCCCCCCCCCC[Si](CC)(CC)CC. The zero-order valence-electron chi connectivity index (χ0n) is 25.4. The van der Waals surface area contributed by atoms with Crippen LogP contribution < -0.4 is 0 Å². The third-order valence-electron chi connectivity index (χ3n) is 9.21. The number of hydrogen-bond acceptors (Lipinski definition) is 0. The lowest BCUT2D eigenvalue weighted by Gasteiger charge is -2.28. The predicted octanol–water partition coefficient (Wildman–Crippen LogP) is 13.5. The van der Waals surface area contributed by atoms with E-state index in [1.165, 1.54) is 179 Å². The van der Waals surface area contributed by atoms with Gasteiger partial charge in [0, 0.05) is 0 Å². The molecule has 0 saturated carbocycles. The molecule has 0 bridgehead atoms. The summed E-state index contributed by atoms with van der Waals surface area (Å²) in [5.74, 6) is 0. The van der Waals surface area contributed by atoms with Gasteiger partial charge in [-0.1, -0.05) is 219 Å². The van der Waals surface area contributed by atoms with Gasteiger partial charge in [-0.3, -0.25) is 0 Å². The summed E-state index contributed by atoms with van der Waals surface area (Å²) in [6.07, 6.45) is 38.1. The van der Waals surface area contributed by atoms with E-state index >= 15 is 0 Å². The summed E-state index contributed by atoms with van der Waals surface area (Å²) < 4.78 is 0. The Hall–Kier alpha value is 0.217. The first-order valence-electron chi connectivity index (χ1n) is 17.0. The average Bonchev–Trinajstić information content (AvgIpc) is 2.89. The molecule has 0 aromatic rings. The molecule has 0 aromatic carbocycles. The maximum atomic E-state index is 3.93. The number of unbranched alkanes of at least 4 members (excludes halogenated alkanes) is 25. The van der Waals surface area contributed by atoms with Gasteiger partial charge in [0.05, 0.1) is 8.07 Å². The van der Waals surface area contributed by atoms with Gasteiger partial charge in [-0.25, -0.2) is 0 Å². The molecule has 0 fully saturated rings. The smallest absolute Gasteiger partial charge is 0.0527 e. The van der Waals surface area contributed by atoms with E-state index in [9.17, 15) is 0 Å². The lowest BCUT2D eigenvalue weighted by atomic mass is 10.0. The van der Waals surface area contributed by atoms with E-state index in [-0.39, 0.29) is 0 Å². The van der Waals surface area contributed by atoms with Gasteiger partial charge in [-0.05, 0) is 0 Å². The molecule has 0 amide bonds. The van der Waals surface area contributed by atoms with Crippen LogP contribution in [0.5, 0.6) is 0 Å². The maximum absolute atomic E-state index is 3.93. The van der Waals surface area contributed by atoms with Gasteiger partial charge in [0.25, 0.3) is 0 Å². The van der Waals surface area contributed by atoms with Gasteiger partial charge in [-0.2, -0.15) is 0 Å². The summed E-state index contributed by atoms with van der Waals surface area (Å²) in [7, 11) is -0.839.